The summed E-state index contributed by atoms with van der Waals surface area (Å²) in [6, 6.07) is 13.4. The minimum Gasteiger partial charge on any atom is -0.322 e. The highest BCUT2D eigenvalue weighted by Gasteiger charge is 2.06. The van der Waals surface area contributed by atoms with Gasteiger partial charge in [0, 0.05) is 16.1 Å². The van der Waals surface area contributed by atoms with Crippen molar-refractivity contribution in [2.45, 2.75) is 24.7 Å². The van der Waals surface area contributed by atoms with Crippen LogP contribution >= 0.6 is 11.8 Å². The third-order valence-electron chi connectivity index (χ3n) is 2.97. The van der Waals surface area contributed by atoms with Gasteiger partial charge in [-0.1, -0.05) is 19.4 Å². The van der Waals surface area contributed by atoms with Crippen molar-refractivity contribution in [2.75, 3.05) is 11.1 Å². The van der Waals surface area contributed by atoms with Crippen molar-refractivity contribution in [3.05, 3.63) is 59.9 Å². The predicted molar refractivity (Wildman–Crippen MR) is 86.4 cm³/mol. The van der Waals surface area contributed by atoms with Crippen LogP contribution in [0.3, 0.4) is 0 Å². The van der Waals surface area contributed by atoms with Crippen LogP contribution in [0.15, 0.2) is 53.4 Å². The first-order valence-electron chi connectivity index (χ1n) is 6.99. The topological polar surface area (TPSA) is 29.1 Å². The predicted octanol–water partition coefficient (Wildman–Crippen LogP) is 4.97. The molecule has 0 saturated carbocycles. The van der Waals surface area contributed by atoms with E-state index in [1.807, 2.05) is 36.0 Å². The Balaban J connectivity index is 1.95. The van der Waals surface area contributed by atoms with Gasteiger partial charge in [-0.3, -0.25) is 4.79 Å². The number of hydrogen-bond acceptors (Lipinski definition) is 2. The minimum absolute atomic E-state index is 0.305. The van der Waals surface area contributed by atoms with Crippen molar-refractivity contribution in [1.29, 1.82) is 0 Å². The quantitative estimate of drug-likeness (QED) is 0.603. The van der Waals surface area contributed by atoms with E-state index in [9.17, 15) is 9.18 Å². The zero-order valence-corrected chi connectivity index (χ0v) is 12.8. The van der Waals surface area contributed by atoms with Crippen LogP contribution in [0, 0.1) is 5.82 Å². The Morgan fingerprint density at radius 3 is 2.62 bits per heavy atom. The summed E-state index contributed by atoms with van der Waals surface area (Å²) in [6.45, 7) is 2.17. The summed E-state index contributed by atoms with van der Waals surface area (Å²) in [7, 11) is 0. The average molecular weight is 303 g/mol. The van der Waals surface area contributed by atoms with Gasteiger partial charge in [0.2, 0.25) is 0 Å². The van der Waals surface area contributed by atoms with Gasteiger partial charge in [0.25, 0.3) is 5.91 Å². The highest BCUT2D eigenvalue weighted by atomic mass is 32.2. The molecule has 0 saturated heterocycles. The lowest BCUT2D eigenvalue weighted by molar-refractivity contribution is 0.102. The Morgan fingerprint density at radius 1 is 1.19 bits per heavy atom. The number of carbonyl (C=O) groups excluding carboxylic acids is 1. The molecule has 1 N–H and O–H groups in total. The summed E-state index contributed by atoms with van der Waals surface area (Å²) in [5, 5.41) is 2.77. The molecule has 0 fully saturated rings. The molecule has 0 bridgehead atoms. The summed E-state index contributed by atoms with van der Waals surface area (Å²) in [5.74, 6) is 0.386. The monoisotopic (exact) mass is 303 g/mol. The molecule has 21 heavy (non-hydrogen) atoms. The normalized spacial score (nSPS) is 10.4. The molecule has 4 heteroatoms. The van der Waals surface area contributed by atoms with Crippen molar-refractivity contribution in [2.24, 2.45) is 0 Å². The lowest BCUT2D eigenvalue weighted by atomic mass is 10.2. The fourth-order valence-electron chi connectivity index (χ4n) is 1.80. The van der Waals surface area contributed by atoms with Gasteiger partial charge in [0.1, 0.15) is 5.82 Å². The van der Waals surface area contributed by atoms with Crippen LogP contribution in [0.5, 0.6) is 0 Å². The average Bonchev–Trinajstić information content (AvgIpc) is 2.49. The third kappa shape index (κ3) is 4.90. The fraction of sp³-hybridized carbons (Fsp3) is 0.235. The second-order valence-corrected chi connectivity index (χ2v) is 5.86. The number of unbranched alkanes of at least 4 members (excludes halogenated alkanes) is 1. The van der Waals surface area contributed by atoms with Gasteiger partial charge in [0.05, 0.1) is 0 Å². The van der Waals surface area contributed by atoms with Gasteiger partial charge >= 0.3 is 0 Å². The van der Waals surface area contributed by atoms with Crippen molar-refractivity contribution in [1.82, 2.24) is 0 Å². The number of amides is 1. The number of halogens is 1. The Bertz CT molecular complexity index is 598. The SMILES string of the molecule is CCCCSc1ccc(NC(=O)c2cccc(F)c2)cc1. The zero-order valence-electron chi connectivity index (χ0n) is 11.9. The van der Waals surface area contributed by atoms with E-state index in [1.54, 1.807) is 6.07 Å². The van der Waals surface area contributed by atoms with Crippen molar-refractivity contribution in [3.63, 3.8) is 0 Å². The molecule has 2 aromatic rings. The summed E-state index contributed by atoms with van der Waals surface area (Å²) in [5.41, 5.74) is 1.03. The van der Waals surface area contributed by atoms with E-state index in [0.29, 0.717) is 11.3 Å². The highest BCUT2D eigenvalue weighted by molar-refractivity contribution is 7.99. The van der Waals surface area contributed by atoms with Crippen LogP contribution in [-0.4, -0.2) is 11.7 Å². The van der Waals surface area contributed by atoms with Crippen molar-refractivity contribution >= 4 is 23.4 Å². The molecule has 0 spiro atoms. The standard InChI is InChI=1S/C17H18FNOS/c1-2-3-11-21-16-9-7-15(8-10-16)19-17(20)13-5-4-6-14(18)12-13/h4-10,12H,2-3,11H2,1H3,(H,19,20). The van der Waals surface area contributed by atoms with E-state index >= 15 is 0 Å². The summed E-state index contributed by atoms with van der Waals surface area (Å²) in [4.78, 5) is 13.2. The largest absolute Gasteiger partial charge is 0.322 e. The number of anilines is 1. The molecule has 0 radical (unpaired) electrons. The lowest BCUT2D eigenvalue weighted by Crippen LogP contribution is -2.11. The molecule has 2 aromatic carbocycles. The van der Waals surface area contributed by atoms with E-state index in [4.69, 9.17) is 0 Å². The first kappa shape index (κ1) is 15.6. The Morgan fingerprint density at radius 2 is 1.95 bits per heavy atom. The van der Waals surface area contributed by atoms with Crippen LogP contribution in [-0.2, 0) is 0 Å². The first-order chi connectivity index (χ1) is 10.2. The summed E-state index contributed by atoms with van der Waals surface area (Å²) in [6.07, 6.45) is 2.39. The van der Waals surface area contributed by atoms with Crippen LogP contribution in [0.25, 0.3) is 0 Å². The first-order valence-corrected chi connectivity index (χ1v) is 7.97. The van der Waals surface area contributed by atoms with Gasteiger partial charge in [-0.05, 0) is 54.6 Å². The zero-order chi connectivity index (χ0) is 15.1. The maximum atomic E-state index is 13.1. The van der Waals surface area contributed by atoms with E-state index in [-0.39, 0.29) is 5.91 Å². The lowest BCUT2D eigenvalue weighted by Gasteiger charge is -2.06. The molecular weight excluding hydrogens is 285 g/mol. The minimum atomic E-state index is -0.412. The van der Waals surface area contributed by atoms with Gasteiger partial charge in [-0.15, -0.1) is 11.8 Å². The van der Waals surface area contributed by atoms with Gasteiger partial charge in [0.15, 0.2) is 0 Å². The molecular formula is C17H18FNOS. The number of nitrogens with one attached hydrogen (secondary N) is 1. The number of rotatable bonds is 6. The van der Waals surface area contributed by atoms with E-state index in [2.05, 4.69) is 12.2 Å². The van der Waals surface area contributed by atoms with Gasteiger partial charge in [-0.2, -0.15) is 0 Å². The number of carbonyl (C=O) groups is 1. The number of thioether (sulfide) groups is 1. The van der Waals surface area contributed by atoms with Crippen LogP contribution < -0.4 is 5.32 Å². The second kappa shape index (κ2) is 7.84. The molecule has 110 valence electrons. The van der Waals surface area contributed by atoms with Crippen LogP contribution in [0.1, 0.15) is 30.1 Å². The molecule has 1 amide bonds. The third-order valence-corrected chi connectivity index (χ3v) is 4.06. The molecule has 0 heterocycles. The number of benzene rings is 2. The Hall–Kier alpha value is -1.81. The molecule has 0 aliphatic carbocycles. The van der Waals surface area contributed by atoms with Crippen LogP contribution in [0.2, 0.25) is 0 Å². The molecule has 2 nitrogen and oxygen atoms in total. The van der Waals surface area contributed by atoms with Crippen LogP contribution in [0.4, 0.5) is 10.1 Å². The smallest absolute Gasteiger partial charge is 0.255 e. The van der Waals surface area contributed by atoms with Gasteiger partial charge in [-0.25, -0.2) is 4.39 Å². The summed E-state index contributed by atoms with van der Waals surface area (Å²) >= 11 is 1.81. The Kier molecular flexibility index (Phi) is 5.81. The van der Waals surface area contributed by atoms with Gasteiger partial charge < -0.3 is 5.32 Å². The molecule has 0 unspecified atom stereocenters. The maximum absolute atomic E-state index is 13.1. The second-order valence-electron chi connectivity index (χ2n) is 4.69. The molecule has 2 rings (SSSR count). The molecule has 0 aliphatic heterocycles. The maximum Gasteiger partial charge on any atom is 0.255 e. The van der Waals surface area contributed by atoms with E-state index < -0.39 is 5.82 Å². The fourth-order valence-corrected chi connectivity index (χ4v) is 2.80. The summed E-state index contributed by atoms with van der Waals surface area (Å²) < 4.78 is 13.1. The van der Waals surface area contributed by atoms with E-state index in [0.717, 1.165) is 5.75 Å². The number of hydrogen-bond donors (Lipinski definition) is 1. The molecule has 0 atom stereocenters. The van der Waals surface area contributed by atoms with E-state index in [1.165, 1.54) is 35.9 Å². The Labute approximate surface area is 128 Å². The van der Waals surface area contributed by atoms with Crippen molar-refractivity contribution in [3.8, 4) is 0 Å². The molecule has 0 aromatic heterocycles. The van der Waals surface area contributed by atoms with Crippen molar-refractivity contribution < 1.29 is 9.18 Å². The molecule has 0 aliphatic rings. The highest BCUT2D eigenvalue weighted by Crippen LogP contribution is 2.21.